The molecule has 2 rings (SSSR count). The van der Waals surface area contributed by atoms with E-state index in [2.05, 4.69) is 37.2 Å². The second kappa shape index (κ2) is 6.65. The van der Waals surface area contributed by atoms with Crippen molar-refractivity contribution in [1.29, 1.82) is 0 Å². The summed E-state index contributed by atoms with van der Waals surface area (Å²) in [5.41, 5.74) is 0. The summed E-state index contributed by atoms with van der Waals surface area (Å²) in [5.74, 6) is 2.39. The standard InChI is InChI=1S/C13H24N6/c1-11-4-7-19(8-5-11)12-10-15-17-13(16-12)14-6-9-18(2)3/h10-11H,4-9H2,1-3H3,(H,14,16,17). The number of nitrogens with one attached hydrogen (secondary N) is 1. The second-order valence-electron chi connectivity index (χ2n) is 5.54. The molecule has 19 heavy (non-hydrogen) atoms. The molecule has 0 unspecified atom stereocenters. The molecule has 0 bridgehead atoms. The molecule has 1 N–H and O–H groups in total. The largest absolute Gasteiger partial charge is 0.355 e. The fraction of sp³-hybridized carbons (Fsp3) is 0.769. The number of aromatic nitrogens is 3. The van der Waals surface area contributed by atoms with Crippen molar-refractivity contribution in [3.05, 3.63) is 6.20 Å². The third kappa shape index (κ3) is 4.31. The average molecular weight is 264 g/mol. The minimum Gasteiger partial charge on any atom is -0.355 e. The van der Waals surface area contributed by atoms with E-state index in [1.807, 2.05) is 14.1 Å². The number of rotatable bonds is 5. The van der Waals surface area contributed by atoms with Gasteiger partial charge in [-0.3, -0.25) is 0 Å². The maximum Gasteiger partial charge on any atom is 0.244 e. The van der Waals surface area contributed by atoms with Crippen molar-refractivity contribution in [2.45, 2.75) is 19.8 Å². The van der Waals surface area contributed by atoms with Gasteiger partial charge in [0.15, 0.2) is 5.82 Å². The van der Waals surface area contributed by atoms with Crippen LogP contribution in [0.1, 0.15) is 19.8 Å². The monoisotopic (exact) mass is 264 g/mol. The lowest BCUT2D eigenvalue weighted by Crippen LogP contribution is -2.33. The predicted octanol–water partition coefficient (Wildman–Crippen LogP) is 1.08. The van der Waals surface area contributed by atoms with Crippen molar-refractivity contribution in [1.82, 2.24) is 20.1 Å². The van der Waals surface area contributed by atoms with Crippen LogP contribution in [0.4, 0.5) is 11.8 Å². The van der Waals surface area contributed by atoms with Gasteiger partial charge in [-0.25, -0.2) is 0 Å². The van der Waals surface area contributed by atoms with Gasteiger partial charge >= 0.3 is 0 Å². The third-order valence-electron chi connectivity index (χ3n) is 3.50. The minimum absolute atomic E-state index is 0.623. The highest BCUT2D eigenvalue weighted by Gasteiger charge is 2.17. The molecule has 0 atom stereocenters. The zero-order valence-corrected chi connectivity index (χ0v) is 12.1. The second-order valence-corrected chi connectivity index (χ2v) is 5.54. The van der Waals surface area contributed by atoms with E-state index < -0.39 is 0 Å². The van der Waals surface area contributed by atoms with E-state index in [0.717, 1.165) is 37.9 Å². The Morgan fingerprint density at radius 3 is 2.79 bits per heavy atom. The fourth-order valence-electron chi connectivity index (χ4n) is 2.15. The van der Waals surface area contributed by atoms with Crippen LogP contribution >= 0.6 is 0 Å². The molecule has 1 aliphatic rings. The van der Waals surface area contributed by atoms with Crippen molar-refractivity contribution >= 4 is 11.8 Å². The summed E-state index contributed by atoms with van der Waals surface area (Å²) in [6, 6.07) is 0. The molecule has 0 aliphatic carbocycles. The van der Waals surface area contributed by atoms with E-state index >= 15 is 0 Å². The summed E-state index contributed by atoms with van der Waals surface area (Å²) in [5, 5.41) is 11.3. The van der Waals surface area contributed by atoms with Crippen molar-refractivity contribution in [3.63, 3.8) is 0 Å². The molecule has 1 aliphatic heterocycles. The third-order valence-corrected chi connectivity index (χ3v) is 3.50. The first-order chi connectivity index (χ1) is 9.15. The van der Waals surface area contributed by atoms with E-state index in [1.165, 1.54) is 12.8 Å². The van der Waals surface area contributed by atoms with E-state index in [4.69, 9.17) is 0 Å². The zero-order chi connectivity index (χ0) is 13.7. The molecule has 1 aromatic heterocycles. The molecule has 0 aromatic carbocycles. The Hall–Kier alpha value is -1.43. The first-order valence-electron chi connectivity index (χ1n) is 6.98. The summed E-state index contributed by atoms with van der Waals surface area (Å²) in [7, 11) is 4.10. The highest BCUT2D eigenvalue weighted by Crippen LogP contribution is 2.20. The van der Waals surface area contributed by atoms with E-state index in [0.29, 0.717) is 5.95 Å². The molecule has 6 heteroatoms. The van der Waals surface area contributed by atoms with E-state index in [1.54, 1.807) is 6.20 Å². The number of nitrogens with zero attached hydrogens (tertiary/aromatic N) is 5. The van der Waals surface area contributed by atoms with Crippen molar-refractivity contribution in [3.8, 4) is 0 Å². The number of hydrogen-bond donors (Lipinski definition) is 1. The predicted molar refractivity (Wildman–Crippen MR) is 77.5 cm³/mol. The van der Waals surface area contributed by atoms with E-state index in [-0.39, 0.29) is 0 Å². The van der Waals surface area contributed by atoms with Gasteiger partial charge in [0.05, 0.1) is 6.20 Å². The van der Waals surface area contributed by atoms with Crippen LogP contribution in [0.2, 0.25) is 0 Å². The molecule has 2 heterocycles. The lowest BCUT2D eigenvalue weighted by molar-refractivity contribution is 0.424. The molecule has 0 amide bonds. The van der Waals surface area contributed by atoms with Gasteiger partial charge in [-0.05, 0) is 32.9 Å². The van der Waals surface area contributed by atoms with Crippen LogP contribution in [0.3, 0.4) is 0 Å². The lowest BCUT2D eigenvalue weighted by Gasteiger charge is -2.30. The van der Waals surface area contributed by atoms with E-state index in [9.17, 15) is 0 Å². The zero-order valence-electron chi connectivity index (χ0n) is 12.1. The minimum atomic E-state index is 0.623. The van der Waals surface area contributed by atoms with Crippen molar-refractivity contribution in [2.75, 3.05) is 50.5 Å². The van der Waals surface area contributed by atoms with Gasteiger partial charge in [0.1, 0.15) is 0 Å². The SMILES string of the molecule is CC1CCN(c2cnnc(NCCN(C)C)n2)CC1. The summed E-state index contributed by atoms with van der Waals surface area (Å²) in [6.07, 6.45) is 4.22. The molecular weight excluding hydrogens is 240 g/mol. The topological polar surface area (TPSA) is 57.2 Å². The van der Waals surface area contributed by atoms with Gasteiger partial charge < -0.3 is 15.1 Å². The Morgan fingerprint density at radius 2 is 2.11 bits per heavy atom. The summed E-state index contributed by atoms with van der Waals surface area (Å²) in [6.45, 7) is 6.22. The fourth-order valence-corrected chi connectivity index (χ4v) is 2.15. The normalized spacial score (nSPS) is 16.9. The Balaban J connectivity index is 1.91. The first-order valence-corrected chi connectivity index (χ1v) is 6.98. The van der Waals surface area contributed by atoms with Crippen molar-refractivity contribution < 1.29 is 0 Å². The van der Waals surface area contributed by atoms with Crippen LogP contribution < -0.4 is 10.2 Å². The molecule has 6 nitrogen and oxygen atoms in total. The van der Waals surface area contributed by atoms with Gasteiger partial charge in [0, 0.05) is 26.2 Å². The van der Waals surface area contributed by atoms with Gasteiger partial charge in [-0.15, -0.1) is 5.10 Å². The average Bonchev–Trinajstić information content (AvgIpc) is 2.39. The van der Waals surface area contributed by atoms with Crippen LogP contribution in [0.25, 0.3) is 0 Å². The molecule has 0 radical (unpaired) electrons. The summed E-state index contributed by atoms with van der Waals surface area (Å²) < 4.78 is 0. The van der Waals surface area contributed by atoms with Gasteiger partial charge in [0.2, 0.25) is 5.95 Å². The number of hydrogen-bond acceptors (Lipinski definition) is 6. The maximum absolute atomic E-state index is 4.54. The Labute approximate surface area is 115 Å². The maximum atomic E-state index is 4.54. The van der Waals surface area contributed by atoms with Gasteiger partial charge in [-0.1, -0.05) is 6.92 Å². The number of anilines is 2. The first kappa shape index (κ1) is 14.0. The molecule has 1 saturated heterocycles. The van der Waals surface area contributed by atoms with Gasteiger partial charge in [-0.2, -0.15) is 10.1 Å². The molecule has 0 saturated carbocycles. The molecule has 0 spiro atoms. The van der Waals surface area contributed by atoms with Crippen LogP contribution in [-0.2, 0) is 0 Å². The summed E-state index contributed by atoms with van der Waals surface area (Å²) in [4.78, 5) is 8.96. The van der Waals surface area contributed by atoms with Crippen LogP contribution in [0.15, 0.2) is 6.20 Å². The smallest absolute Gasteiger partial charge is 0.244 e. The summed E-state index contributed by atoms with van der Waals surface area (Å²) >= 11 is 0. The number of likely N-dealkylation sites (N-methyl/N-ethyl adjacent to an activating group) is 1. The van der Waals surface area contributed by atoms with Crippen LogP contribution in [0, 0.1) is 5.92 Å². The highest BCUT2D eigenvalue weighted by molar-refractivity contribution is 5.40. The highest BCUT2D eigenvalue weighted by atomic mass is 15.3. The molecule has 1 aromatic rings. The van der Waals surface area contributed by atoms with Gasteiger partial charge in [0.25, 0.3) is 0 Å². The van der Waals surface area contributed by atoms with Crippen LogP contribution in [-0.4, -0.2) is 60.4 Å². The number of piperidine rings is 1. The Bertz CT molecular complexity index is 386. The molecule has 106 valence electrons. The lowest BCUT2D eigenvalue weighted by atomic mass is 9.99. The van der Waals surface area contributed by atoms with Crippen LogP contribution in [0.5, 0.6) is 0 Å². The quantitative estimate of drug-likeness (QED) is 0.859. The van der Waals surface area contributed by atoms with Crippen molar-refractivity contribution in [2.24, 2.45) is 5.92 Å². The Kier molecular flexibility index (Phi) is 4.90. The molecular formula is C13H24N6. The molecule has 1 fully saturated rings. The Morgan fingerprint density at radius 1 is 1.37 bits per heavy atom.